The van der Waals surface area contributed by atoms with E-state index in [9.17, 15) is 0 Å². The van der Waals surface area contributed by atoms with Gasteiger partial charge in [-0.3, -0.25) is 0 Å². The van der Waals surface area contributed by atoms with Crippen LogP contribution in [0.25, 0.3) is 0 Å². The topological polar surface area (TPSA) is 21.1 Å². The maximum absolute atomic E-state index is 4.27. The van der Waals surface area contributed by atoms with Crippen molar-refractivity contribution in [3.8, 4) is 0 Å². The number of rotatable bonds is 5. The van der Waals surface area contributed by atoms with E-state index in [2.05, 4.69) is 51.5 Å². The minimum atomic E-state index is 0.859. The van der Waals surface area contributed by atoms with Crippen molar-refractivity contribution in [3.63, 3.8) is 0 Å². The lowest BCUT2D eigenvalue weighted by Crippen LogP contribution is -2.13. The van der Waals surface area contributed by atoms with E-state index in [1.54, 1.807) is 0 Å². The molecule has 0 aliphatic rings. The molecule has 2 aromatic rings. The lowest BCUT2D eigenvalue weighted by molar-refractivity contribution is 0.500. The van der Waals surface area contributed by atoms with E-state index in [0.29, 0.717) is 0 Å². The molecule has 1 aromatic heterocycles. The Morgan fingerprint density at radius 1 is 1.26 bits per heavy atom. The molecule has 1 heterocycles. The van der Waals surface area contributed by atoms with Crippen molar-refractivity contribution in [1.29, 1.82) is 0 Å². The molecule has 1 aromatic carbocycles. The van der Waals surface area contributed by atoms with Crippen molar-refractivity contribution in [2.45, 2.75) is 19.9 Å². The molecule has 19 heavy (non-hydrogen) atoms. The molecule has 3 nitrogen and oxygen atoms in total. The average molecular weight is 255 g/mol. The van der Waals surface area contributed by atoms with E-state index < -0.39 is 0 Å². The second kappa shape index (κ2) is 5.74. The molecule has 0 aliphatic carbocycles. The smallest absolute Gasteiger partial charge is 0.0952 e. The molecular formula is C16H21N3. The van der Waals surface area contributed by atoms with Crippen LogP contribution in [0.4, 0.5) is 0 Å². The summed E-state index contributed by atoms with van der Waals surface area (Å²) in [7, 11) is 4.06. The lowest BCUT2D eigenvalue weighted by atomic mass is 10.0. The Morgan fingerprint density at radius 3 is 2.53 bits per heavy atom. The van der Waals surface area contributed by atoms with Crippen LogP contribution in [0.5, 0.6) is 0 Å². The van der Waals surface area contributed by atoms with Crippen molar-refractivity contribution in [2.75, 3.05) is 14.1 Å². The maximum Gasteiger partial charge on any atom is 0.0952 e. The lowest BCUT2D eigenvalue weighted by Gasteiger charge is -2.17. The number of nitrogens with zero attached hydrogens (tertiary/aromatic N) is 3. The zero-order valence-electron chi connectivity index (χ0n) is 11.9. The summed E-state index contributed by atoms with van der Waals surface area (Å²) in [5.41, 5.74) is 4.82. The Kier molecular flexibility index (Phi) is 4.05. The van der Waals surface area contributed by atoms with Crippen molar-refractivity contribution >= 4 is 0 Å². The molecule has 0 bridgehead atoms. The van der Waals surface area contributed by atoms with Crippen LogP contribution in [-0.2, 0) is 13.0 Å². The summed E-state index contributed by atoms with van der Waals surface area (Å²) in [5, 5.41) is 0. The van der Waals surface area contributed by atoms with Crippen LogP contribution in [0.2, 0.25) is 0 Å². The molecule has 100 valence electrons. The predicted molar refractivity (Wildman–Crippen MR) is 79.0 cm³/mol. The highest BCUT2D eigenvalue weighted by molar-refractivity contribution is 5.30. The van der Waals surface area contributed by atoms with E-state index in [1.807, 2.05) is 27.3 Å². The van der Waals surface area contributed by atoms with Gasteiger partial charge in [0.25, 0.3) is 0 Å². The highest BCUT2D eigenvalue weighted by Gasteiger charge is 2.06. The highest BCUT2D eigenvalue weighted by atomic mass is 15.1. The molecule has 0 unspecified atom stereocenters. The SMILES string of the molecule is C=C(Cc1ccccc1Cn1cnc(C)c1)N(C)C. The number of aromatic nitrogens is 2. The third-order valence-electron chi connectivity index (χ3n) is 3.26. The number of hydrogen-bond acceptors (Lipinski definition) is 2. The fourth-order valence-corrected chi connectivity index (χ4v) is 2.02. The Hall–Kier alpha value is -2.03. The number of allylic oxidation sites excluding steroid dienone is 1. The largest absolute Gasteiger partial charge is 0.381 e. The summed E-state index contributed by atoms with van der Waals surface area (Å²) < 4.78 is 2.12. The van der Waals surface area contributed by atoms with Crippen LogP contribution in [0.1, 0.15) is 16.8 Å². The quantitative estimate of drug-likeness (QED) is 0.819. The summed E-state index contributed by atoms with van der Waals surface area (Å²) in [6, 6.07) is 8.52. The minimum absolute atomic E-state index is 0.859. The summed E-state index contributed by atoms with van der Waals surface area (Å²) >= 11 is 0. The number of likely N-dealkylation sites (N-methyl/N-ethyl adjacent to an activating group) is 1. The van der Waals surface area contributed by atoms with Crippen molar-refractivity contribution in [2.24, 2.45) is 0 Å². The molecule has 2 rings (SSSR count). The zero-order valence-corrected chi connectivity index (χ0v) is 11.9. The van der Waals surface area contributed by atoms with Gasteiger partial charge in [0.15, 0.2) is 0 Å². The summed E-state index contributed by atoms with van der Waals surface area (Å²) in [6.45, 7) is 6.98. The first-order valence-electron chi connectivity index (χ1n) is 6.46. The first-order valence-corrected chi connectivity index (χ1v) is 6.46. The Balaban J connectivity index is 2.18. The highest BCUT2D eigenvalue weighted by Crippen LogP contribution is 2.15. The van der Waals surface area contributed by atoms with Gasteiger partial charge >= 0.3 is 0 Å². The standard InChI is InChI=1S/C16H21N3/c1-13-10-19(12-17-13)11-16-8-6-5-7-15(16)9-14(2)18(3)4/h5-8,10,12H,2,9,11H2,1,3-4H3. The molecule has 0 amide bonds. The monoisotopic (exact) mass is 255 g/mol. The Morgan fingerprint density at radius 2 is 1.95 bits per heavy atom. The molecule has 0 saturated carbocycles. The van der Waals surface area contributed by atoms with Gasteiger partial charge in [-0.25, -0.2) is 4.98 Å². The normalized spacial score (nSPS) is 10.5. The zero-order chi connectivity index (χ0) is 13.8. The molecule has 0 aliphatic heterocycles. The van der Waals surface area contributed by atoms with Crippen LogP contribution < -0.4 is 0 Å². The van der Waals surface area contributed by atoms with E-state index in [4.69, 9.17) is 0 Å². The fourth-order valence-electron chi connectivity index (χ4n) is 2.02. The van der Waals surface area contributed by atoms with Crippen LogP contribution in [-0.4, -0.2) is 28.5 Å². The van der Waals surface area contributed by atoms with E-state index in [0.717, 1.165) is 24.4 Å². The molecule has 3 heteroatoms. The summed E-state index contributed by atoms with van der Waals surface area (Å²) in [5.74, 6) is 0. The Bertz CT molecular complexity index is 567. The first-order chi connectivity index (χ1) is 9.06. The van der Waals surface area contributed by atoms with Crippen LogP contribution in [0.15, 0.2) is 49.1 Å². The van der Waals surface area contributed by atoms with Gasteiger partial charge in [-0.05, 0) is 18.1 Å². The summed E-state index contributed by atoms with van der Waals surface area (Å²) in [4.78, 5) is 6.34. The number of aryl methyl sites for hydroxylation is 1. The second-order valence-electron chi connectivity index (χ2n) is 5.09. The molecule has 0 spiro atoms. The van der Waals surface area contributed by atoms with E-state index >= 15 is 0 Å². The third-order valence-corrected chi connectivity index (χ3v) is 3.26. The van der Waals surface area contributed by atoms with Gasteiger partial charge in [-0.1, -0.05) is 30.8 Å². The van der Waals surface area contributed by atoms with Crippen LogP contribution in [0, 0.1) is 6.92 Å². The number of hydrogen-bond donors (Lipinski definition) is 0. The summed E-state index contributed by atoms with van der Waals surface area (Å²) in [6.07, 6.45) is 4.83. The van der Waals surface area contributed by atoms with Gasteiger partial charge in [0.1, 0.15) is 0 Å². The van der Waals surface area contributed by atoms with Gasteiger partial charge in [0, 0.05) is 39.0 Å². The fraction of sp³-hybridized carbons (Fsp3) is 0.312. The van der Waals surface area contributed by atoms with Gasteiger partial charge in [-0.15, -0.1) is 0 Å². The minimum Gasteiger partial charge on any atom is -0.381 e. The van der Waals surface area contributed by atoms with Gasteiger partial charge in [-0.2, -0.15) is 0 Å². The molecular weight excluding hydrogens is 234 g/mol. The predicted octanol–water partition coefficient (Wildman–Crippen LogP) is 2.86. The van der Waals surface area contributed by atoms with Crippen molar-refractivity contribution in [3.05, 3.63) is 65.9 Å². The molecule has 0 N–H and O–H groups in total. The molecule has 0 saturated heterocycles. The Labute approximate surface area is 115 Å². The number of benzene rings is 1. The van der Waals surface area contributed by atoms with Gasteiger partial charge in [0.2, 0.25) is 0 Å². The third kappa shape index (κ3) is 3.47. The first kappa shape index (κ1) is 13.4. The van der Waals surface area contributed by atoms with E-state index in [1.165, 1.54) is 11.1 Å². The average Bonchev–Trinajstić information content (AvgIpc) is 2.77. The van der Waals surface area contributed by atoms with Gasteiger partial charge < -0.3 is 9.47 Å². The maximum atomic E-state index is 4.27. The van der Waals surface area contributed by atoms with Crippen LogP contribution in [0.3, 0.4) is 0 Å². The molecule has 0 radical (unpaired) electrons. The van der Waals surface area contributed by atoms with Crippen molar-refractivity contribution < 1.29 is 0 Å². The number of imidazole rings is 1. The molecule has 0 fully saturated rings. The second-order valence-corrected chi connectivity index (χ2v) is 5.09. The van der Waals surface area contributed by atoms with Crippen molar-refractivity contribution in [1.82, 2.24) is 14.5 Å². The van der Waals surface area contributed by atoms with Crippen LogP contribution >= 0.6 is 0 Å². The van der Waals surface area contributed by atoms with E-state index in [-0.39, 0.29) is 0 Å². The van der Waals surface area contributed by atoms with Gasteiger partial charge in [0.05, 0.1) is 12.0 Å². The molecule has 0 atom stereocenters.